The molecule has 0 amide bonds. The lowest BCUT2D eigenvalue weighted by molar-refractivity contribution is 0.285. The van der Waals surface area contributed by atoms with Gasteiger partial charge in [0.2, 0.25) is 10.0 Å². The van der Waals surface area contributed by atoms with E-state index in [0.29, 0.717) is 12.2 Å². The zero-order chi connectivity index (χ0) is 15.5. The lowest BCUT2D eigenvalue weighted by Gasteiger charge is -2.27. The molecule has 1 aromatic rings. The van der Waals surface area contributed by atoms with Crippen molar-refractivity contribution < 1.29 is 8.42 Å². The summed E-state index contributed by atoms with van der Waals surface area (Å²) in [6.07, 6.45) is 5.38. The van der Waals surface area contributed by atoms with Crippen molar-refractivity contribution in [1.29, 1.82) is 5.26 Å². The van der Waals surface area contributed by atoms with Crippen molar-refractivity contribution in [3.63, 3.8) is 0 Å². The van der Waals surface area contributed by atoms with Gasteiger partial charge in [-0.15, -0.1) is 0 Å². The maximum absolute atomic E-state index is 12.4. The summed E-state index contributed by atoms with van der Waals surface area (Å²) >= 11 is 0. The monoisotopic (exact) mass is 307 g/mol. The van der Waals surface area contributed by atoms with Gasteiger partial charge in [0.15, 0.2) is 0 Å². The lowest BCUT2D eigenvalue weighted by Crippen LogP contribution is -2.35. The summed E-state index contributed by atoms with van der Waals surface area (Å²) in [4.78, 5) is 0.00319. The molecule has 1 aromatic carbocycles. The SMILES string of the molecule is CCC1(CNS(=O)(=O)c2ccc(N)cc2C#N)CCCC1. The predicted octanol–water partition coefficient (Wildman–Crippen LogP) is 2.39. The number of nitriles is 1. The molecule has 0 atom stereocenters. The molecule has 5 nitrogen and oxygen atoms in total. The Morgan fingerprint density at radius 1 is 1.38 bits per heavy atom. The van der Waals surface area contributed by atoms with Crippen LogP contribution in [0.4, 0.5) is 5.69 Å². The Balaban J connectivity index is 2.21. The molecule has 3 N–H and O–H groups in total. The number of hydrogen-bond acceptors (Lipinski definition) is 4. The van der Waals surface area contributed by atoms with Gasteiger partial charge in [0, 0.05) is 12.2 Å². The molecular formula is C15H21N3O2S. The first-order valence-electron chi connectivity index (χ1n) is 7.22. The second-order valence-corrected chi connectivity index (χ2v) is 7.49. The van der Waals surface area contributed by atoms with Crippen LogP contribution < -0.4 is 10.5 Å². The zero-order valence-electron chi connectivity index (χ0n) is 12.2. The van der Waals surface area contributed by atoms with Crippen LogP contribution in [-0.2, 0) is 10.0 Å². The highest BCUT2D eigenvalue weighted by Gasteiger charge is 2.33. The van der Waals surface area contributed by atoms with E-state index in [1.165, 1.54) is 18.2 Å². The third-order valence-corrected chi connectivity index (χ3v) is 5.92. The number of sulfonamides is 1. The van der Waals surface area contributed by atoms with Gasteiger partial charge in [0.25, 0.3) is 0 Å². The van der Waals surface area contributed by atoms with Gasteiger partial charge in [0.1, 0.15) is 6.07 Å². The summed E-state index contributed by atoms with van der Waals surface area (Å²) < 4.78 is 27.6. The van der Waals surface area contributed by atoms with Crippen molar-refractivity contribution in [3.05, 3.63) is 23.8 Å². The summed E-state index contributed by atoms with van der Waals surface area (Å²) in [5.74, 6) is 0. The van der Waals surface area contributed by atoms with Gasteiger partial charge < -0.3 is 5.73 Å². The van der Waals surface area contributed by atoms with E-state index in [-0.39, 0.29) is 15.9 Å². The van der Waals surface area contributed by atoms with Gasteiger partial charge in [-0.05, 0) is 42.9 Å². The van der Waals surface area contributed by atoms with E-state index in [9.17, 15) is 8.42 Å². The minimum atomic E-state index is -3.68. The Morgan fingerprint density at radius 3 is 2.62 bits per heavy atom. The summed E-state index contributed by atoms with van der Waals surface area (Å²) in [6.45, 7) is 2.53. The van der Waals surface area contributed by atoms with Gasteiger partial charge in [0.05, 0.1) is 10.5 Å². The highest BCUT2D eigenvalue weighted by Crippen LogP contribution is 2.40. The third-order valence-electron chi connectivity index (χ3n) is 4.46. The molecular weight excluding hydrogens is 286 g/mol. The number of nitrogens with two attached hydrogens (primary N) is 1. The van der Waals surface area contributed by atoms with Gasteiger partial charge >= 0.3 is 0 Å². The van der Waals surface area contributed by atoms with Gasteiger partial charge in [-0.2, -0.15) is 5.26 Å². The van der Waals surface area contributed by atoms with Crippen LogP contribution >= 0.6 is 0 Å². The van der Waals surface area contributed by atoms with Crippen LogP contribution in [0.2, 0.25) is 0 Å². The smallest absolute Gasteiger partial charge is 0.241 e. The van der Waals surface area contributed by atoms with Gasteiger partial charge in [-0.3, -0.25) is 0 Å². The number of benzene rings is 1. The molecule has 1 aliphatic rings. The van der Waals surface area contributed by atoms with E-state index < -0.39 is 10.0 Å². The quantitative estimate of drug-likeness (QED) is 0.816. The standard InChI is InChI=1S/C15H21N3O2S/c1-2-15(7-3-4-8-15)11-18-21(19,20)14-6-5-13(17)9-12(14)10-16/h5-6,9,18H,2-4,7-8,11,17H2,1H3. The second-order valence-electron chi connectivity index (χ2n) is 5.75. The summed E-state index contributed by atoms with van der Waals surface area (Å²) in [5, 5.41) is 9.09. The molecule has 0 radical (unpaired) electrons. The molecule has 6 heteroatoms. The number of nitrogens with one attached hydrogen (secondary N) is 1. The topological polar surface area (TPSA) is 96.0 Å². The average molecular weight is 307 g/mol. The van der Waals surface area contributed by atoms with Crippen molar-refractivity contribution in [2.75, 3.05) is 12.3 Å². The molecule has 0 saturated heterocycles. The number of anilines is 1. The number of rotatable bonds is 5. The molecule has 0 heterocycles. The Hall–Kier alpha value is -1.58. The van der Waals surface area contributed by atoms with Crippen LogP contribution in [0.25, 0.3) is 0 Å². The second kappa shape index (κ2) is 6.04. The fraction of sp³-hybridized carbons (Fsp3) is 0.533. The molecule has 1 aliphatic carbocycles. The van der Waals surface area contributed by atoms with Crippen LogP contribution in [0, 0.1) is 16.7 Å². The fourth-order valence-electron chi connectivity index (χ4n) is 2.98. The Kier molecular flexibility index (Phi) is 4.55. The average Bonchev–Trinajstić information content (AvgIpc) is 2.94. The fourth-order valence-corrected chi connectivity index (χ4v) is 4.27. The van der Waals surface area contributed by atoms with Crippen LogP contribution in [0.1, 0.15) is 44.6 Å². The summed E-state index contributed by atoms with van der Waals surface area (Å²) in [7, 11) is -3.68. The van der Waals surface area contributed by atoms with E-state index >= 15 is 0 Å². The molecule has 0 unspecified atom stereocenters. The number of hydrogen-bond donors (Lipinski definition) is 2. The number of nitrogens with zero attached hydrogens (tertiary/aromatic N) is 1. The van der Waals surface area contributed by atoms with Crippen molar-refractivity contribution in [3.8, 4) is 6.07 Å². The molecule has 2 rings (SSSR count). The van der Waals surface area contributed by atoms with Crippen LogP contribution in [-0.4, -0.2) is 15.0 Å². The predicted molar refractivity (Wildman–Crippen MR) is 81.9 cm³/mol. The molecule has 0 aliphatic heterocycles. The molecule has 114 valence electrons. The molecule has 1 saturated carbocycles. The van der Waals surface area contributed by atoms with E-state index in [1.807, 2.05) is 6.07 Å². The highest BCUT2D eigenvalue weighted by molar-refractivity contribution is 7.89. The minimum Gasteiger partial charge on any atom is -0.399 e. The third kappa shape index (κ3) is 3.36. The van der Waals surface area contributed by atoms with Gasteiger partial charge in [-0.1, -0.05) is 19.8 Å². The van der Waals surface area contributed by atoms with Crippen molar-refractivity contribution in [2.24, 2.45) is 5.41 Å². The molecule has 1 fully saturated rings. The molecule has 0 bridgehead atoms. The van der Waals surface area contributed by atoms with E-state index in [1.54, 1.807) is 0 Å². The first kappa shape index (κ1) is 15.8. The zero-order valence-corrected chi connectivity index (χ0v) is 13.0. The van der Waals surface area contributed by atoms with Crippen molar-refractivity contribution in [1.82, 2.24) is 4.72 Å². The Bertz CT molecular complexity index is 656. The number of nitrogen functional groups attached to an aromatic ring is 1. The molecule has 0 spiro atoms. The maximum Gasteiger partial charge on any atom is 0.241 e. The molecule has 0 aromatic heterocycles. The van der Waals surface area contributed by atoms with E-state index in [2.05, 4.69) is 11.6 Å². The van der Waals surface area contributed by atoms with Crippen LogP contribution in [0.5, 0.6) is 0 Å². The van der Waals surface area contributed by atoms with Crippen molar-refractivity contribution >= 4 is 15.7 Å². The Morgan fingerprint density at radius 2 is 2.05 bits per heavy atom. The van der Waals surface area contributed by atoms with Crippen molar-refractivity contribution in [2.45, 2.75) is 43.9 Å². The van der Waals surface area contributed by atoms with E-state index in [4.69, 9.17) is 11.0 Å². The van der Waals surface area contributed by atoms with Crippen LogP contribution in [0.15, 0.2) is 23.1 Å². The first-order chi connectivity index (χ1) is 9.92. The molecule has 21 heavy (non-hydrogen) atoms. The largest absolute Gasteiger partial charge is 0.399 e. The lowest BCUT2D eigenvalue weighted by atomic mass is 9.84. The first-order valence-corrected chi connectivity index (χ1v) is 8.70. The van der Waals surface area contributed by atoms with E-state index in [0.717, 1.165) is 32.1 Å². The summed E-state index contributed by atoms with van der Waals surface area (Å²) in [6, 6.07) is 6.18. The normalized spacial score (nSPS) is 17.5. The highest BCUT2D eigenvalue weighted by atomic mass is 32.2. The van der Waals surface area contributed by atoms with Gasteiger partial charge in [-0.25, -0.2) is 13.1 Å². The summed E-state index contributed by atoms with van der Waals surface area (Å²) in [5.41, 5.74) is 6.12. The van der Waals surface area contributed by atoms with Crippen LogP contribution in [0.3, 0.4) is 0 Å². The Labute approximate surface area is 126 Å². The maximum atomic E-state index is 12.4. The minimum absolute atomic E-state index is 0.00319.